The molecule has 10 heteroatoms. The minimum Gasteiger partial charge on any atom is -0.493 e. The molecule has 202 valence electrons. The van der Waals surface area contributed by atoms with Gasteiger partial charge in [0.15, 0.2) is 17.3 Å². The molecule has 0 saturated carbocycles. The normalized spacial score (nSPS) is 11.1. The highest BCUT2D eigenvalue weighted by Crippen LogP contribution is 2.38. The van der Waals surface area contributed by atoms with Crippen molar-refractivity contribution in [2.45, 2.75) is 6.61 Å². The van der Waals surface area contributed by atoms with E-state index >= 15 is 0 Å². The van der Waals surface area contributed by atoms with Gasteiger partial charge in [0.1, 0.15) is 23.6 Å². The van der Waals surface area contributed by atoms with Crippen LogP contribution in [0.2, 0.25) is 0 Å². The van der Waals surface area contributed by atoms with Gasteiger partial charge < -0.3 is 23.4 Å². The minimum absolute atomic E-state index is 0.107. The van der Waals surface area contributed by atoms with Crippen LogP contribution in [0.5, 0.6) is 23.0 Å². The summed E-state index contributed by atoms with van der Waals surface area (Å²) in [6.45, 7) is 0.107. The lowest BCUT2D eigenvalue weighted by molar-refractivity contribution is 0.104. The van der Waals surface area contributed by atoms with E-state index in [2.05, 4.69) is 10.3 Å². The largest absolute Gasteiger partial charge is 0.493 e. The van der Waals surface area contributed by atoms with E-state index in [1.807, 2.05) is 12.1 Å². The first kappa shape index (κ1) is 26.2. The molecule has 0 bridgehead atoms. The molecule has 3 aromatic carbocycles. The maximum absolute atomic E-state index is 12.8. The summed E-state index contributed by atoms with van der Waals surface area (Å²) in [5, 5.41) is 8.99. The number of fused-ring (bicyclic) bond motifs is 1. The van der Waals surface area contributed by atoms with Crippen molar-refractivity contribution in [3.8, 4) is 28.7 Å². The number of allylic oxidation sites excluding steroid dienone is 1. The number of carbonyl (C=O) groups is 1. The van der Waals surface area contributed by atoms with Crippen LogP contribution >= 0.6 is 0 Å². The summed E-state index contributed by atoms with van der Waals surface area (Å²) in [5.74, 6) is 1.71. The van der Waals surface area contributed by atoms with Crippen molar-refractivity contribution in [1.29, 1.82) is 0 Å². The van der Waals surface area contributed by atoms with Crippen LogP contribution in [-0.2, 0) is 6.61 Å². The molecule has 2 aromatic heterocycles. The second-order valence-corrected chi connectivity index (χ2v) is 8.57. The highest BCUT2D eigenvalue weighted by atomic mass is 16.5. The smallest absolute Gasteiger partial charge is 0.339 e. The molecule has 0 amide bonds. The Balaban J connectivity index is 1.26. The lowest BCUT2D eigenvalue weighted by Crippen LogP contribution is -2.02. The van der Waals surface area contributed by atoms with Crippen LogP contribution in [-0.4, -0.2) is 42.1 Å². The molecule has 0 radical (unpaired) electrons. The van der Waals surface area contributed by atoms with Crippen LogP contribution in [0, 0.1) is 0 Å². The molecule has 0 saturated heterocycles. The number of rotatable bonds is 10. The number of para-hydroxylation sites is 1. The van der Waals surface area contributed by atoms with E-state index in [1.165, 1.54) is 33.5 Å². The number of ether oxygens (including phenoxy) is 4. The molecule has 0 aliphatic carbocycles. The molecule has 0 atom stereocenters. The van der Waals surface area contributed by atoms with Crippen molar-refractivity contribution in [3.05, 3.63) is 106 Å². The molecule has 0 fully saturated rings. The topological polar surface area (TPSA) is 115 Å². The molecular weight excluding hydrogens is 514 g/mol. The monoisotopic (exact) mass is 539 g/mol. The summed E-state index contributed by atoms with van der Waals surface area (Å²) in [7, 11) is 4.60. The first-order chi connectivity index (χ1) is 19.5. The van der Waals surface area contributed by atoms with Crippen LogP contribution in [0.15, 0.2) is 88.2 Å². The van der Waals surface area contributed by atoms with E-state index in [4.69, 9.17) is 23.4 Å². The Hall–Kier alpha value is -5.38. The summed E-state index contributed by atoms with van der Waals surface area (Å²) < 4.78 is 28.7. The molecule has 40 heavy (non-hydrogen) atoms. The maximum Gasteiger partial charge on any atom is 0.339 e. The summed E-state index contributed by atoms with van der Waals surface area (Å²) in [5.41, 5.74) is 2.46. The predicted octanol–water partition coefficient (Wildman–Crippen LogP) is 4.87. The molecule has 0 aliphatic rings. The molecule has 0 unspecified atom stereocenters. The van der Waals surface area contributed by atoms with Crippen molar-refractivity contribution in [2.24, 2.45) is 0 Å². The van der Waals surface area contributed by atoms with Crippen molar-refractivity contribution in [2.75, 3.05) is 21.3 Å². The first-order valence-corrected chi connectivity index (χ1v) is 12.2. The Labute approximate surface area is 229 Å². The van der Waals surface area contributed by atoms with Crippen molar-refractivity contribution >= 4 is 22.8 Å². The van der Waals surface area contributed by atoms with Crippen molar-refractivity contribution in [3.63, 3.8) is 0 Å². The Morgan fingerprint density at radius 3 is 2.35 bits per heavy atom. The lowest BCUT2D eigenvalue weighted by atomic mass is 10.1. The van der Waals surface area contributed by atoms with E-state index < -0.39 is 5.63 Å². The van der Waals surface area contributed by atoms with Gasteiger partial charge in [-0.2, -0.15) is 0 Å². The number of ketones is 1. The third-order valence-corrected chi connectivity index (χ3v) is 6.06. The number of aromatic nitrogens is 3. The average Bonchev–Trinajstić information content (AvgIpc) is 3.47. The quantitative estimate of drug-likeness (QED) is 0.139. The van der Waals surface area contributed by atoms with E-state index in [-0.39, 0.29) is 12.4 Å². The van der Waals surface area contributed by atoms with Gasteiger partial charge in [0.05, 0.1) is 44.7 Å². The lowest BCUT2D eigenvalue weighted by Gasteiger charge is -2.12. The number of hydrogen-bond acceptors (Lipinski definition) is 9. The van der Waals surface area contributed by atoms with Gasteiger partial charge in [-0.3, -0.25) is 4.79 Å². The zero-order valence-electron chi connectivity index (χ0n) is 22.0. The Kier molecular flexibility index (Phi) is 7.58. The van der Waals surface area contributed by atoms with Crippen molar-refractivity contribution in [1.82, 2.24) is 15.0 Å². The molecule has 0 aliphatic heterocycles. The van der Waals surface area contributed by atoms with Crippen LogP contribution in [0.1, 0.15) is 21.6 Å². The second-order valence-electron chi connectivity index (χ2n) is 8.57. The third kappa shape index (κ3) is 5.56. The third-order valence-electron chi connectivity index (χ3n) is 6.06. The molecule has 2 heterocycles. The van der Waals surface area contributed by atoms with E-state index in [9.17, 15) is 9.59 Å². The highest BCUT2D eigenvalue weighted by Gasteiger charge is 2.13. The summed E-state index contributed by atoms with van der Waals surface area (Å²) in [6.07, 6.45) is 4.88. The van der Waals surface area contributed by atoms with Gasteiger partial charge in [-0.15, -0.1) is 5.10 Å². The number of carbonyl (C=O) groups excluding carboxylic acids is 1. The van der Waals surface area contributed by atoms with Crippen LogP contribution in [0.25, 0.3) is 22.7 Å². The van der Waals surface area contributed by atoms with Gasteiger partial charge in [-0.05, 0) is 60.2 Å². The van der Waals surface area contributed by atoms with Gasteiger partial charge in [-0.25, -0.2) is 9.48 Å². The van der Waals surface area contributed by atoms with Gasteiger partial charge in [0, 0.05) is 5.56 Å². The second kappa shape index (κ2) is 11.6. The highest BCUT2D eigenvalue weighted by molar-refractivity contribution is 6.07. The summed E-state index contributed by atoms with van der Waals surface area (Å²) >= 11 is 0. The summed E-state index contributed by atoms with van der Waals surface area (Å²) in [6, 6.07) is 18.9. The fourth-order valence-electron chi connectivity index (χ4n) is 4.09. The Morgan fingerprint density at radius 2 is 1.65 bits per heavy atom. The standard InChI is InChI=1S/C30H25N3O7/c1-36-27-14-19(15-28(37-2)30(27)38-3)8-13-24(34)20-9-11-22(12-10-20)33-17-21(31-32-33)18-39-26-16-29(35)40-25-7-5-4-6-23(25)26/h4-17H,18H2,1-3H3/b13-8+. The zero-order valence-corrected chi connectivity index (χ0v) is 22.0. The van der Waals surface area contributed by atoms with Crippen molar-refractivity contribution < 1.29 is 28.2 Å². The fourth-order valence-corrected chi connectivity index (χ4v) is 4.09. The molecule has 5 rings (SSSR count). The fraction of sp³-hybridized carbons (Fsp3) is 0.133. The van der Waals surface area contributed by atoms with E-state index in [1.54, 1.807) is 65.5 Å². The SMILES string of the molecule is COc1cc(/C=C/C(=O)c2ccc(-n3cc(COc4cc(=O)oc5ccccc45)nn3)cc2)cc(OC)c1OC. The Bertz CT molecular complexity index is 1730. The first-order valence-electron chi connectivity index (χ1n) is 12.2. The van der Waals surface area contributed by atoms with Gasteiger partial charge in [-0.1, -0.05) is 23.4 Å². The molecule has 10 nitrogen and oxygen atoms in total. The zero-order chi connectivity index (χ0) is 28.1. The van der Waals surface area contributed by atoms with Crippen LogP contribution < -0.4 is 24.6 Å². The van der Waals surface area contributed by atoms with Gasteiger partial charge in [0.25, 0.3) is 0 Å². The number of nitrogens with zero attached hydrogens (tertiary/aromatic N) is 3. The molecule has 0 spiro atoms. The van der Waals surface area contributed by atoms with Gasteiger partial charge >= 0.3 is 5.63 Å². The van der Waals surface area contributed by atoms with E-state index in [0.717, 1.165) is 11.3 Å². The minimum atomic E-state index is -0.495. The molecular formula is C30H25N3O7. The summed E-state index contributed by atoms with van der Waals surface area (Å²) in [4.78, 5) is 24.6. The number of benzene rings is 3. The molecule has 5 aromatic rings. The average molecular weight is 540 g/mol. The van der Waals surface area contributed by atoms with Crippen LogP contribution in [0.4, 0.5) is 0 Å². The van der Waals surface area contributed by atoms with Gasteiger partial charge in [0.2, 0.25) is 5.75 Å². The number of hydrogen-bond donors (Lipinski definition) is 0. The van der Waals surface area contributed by atoms with Crippen LogP contribution in [0.3, 0.4) is 0 Å². The van der Waals surface area contributed by atoms with E-state index in [0.29, 0.717) is 45.2 Å². The number of methoxy groups -OCH3 is 3. The molecule has 0 N–H and O–H groups in total. The Morgan fingerprint density at radius 1 is 0.925 bits per heavy atom. The maximum atomic E-state index is 12.8. The predicted molar refractivity (Wildman–Crippen MR) is 148 cm³/mol.